The number of nitrogens with one attached hydrogen (secondary N) is 1. The van der Waals surface area contributed by atoms with Gasteiger partial charge in [0.05, 0.1) is 0 Å². The Morgan fingerprint density at radius 1 is 1.22 bits per heavy atom. The average Bonchev–Trinajstić information content (AvgIpc) is 2.22. The first-order valence-electron chi connectivity index (χ1n) is 3.58. The van der Waals surface area contributed by atoms with E-state index < -0.39 is 0 Å². The van der Waals surface area contributed by atoms with E-state index in [1.165, 1.54) is 0 Å². The highest BCUT2D eigenvalue weighted by atomic mass is 16.1. The molecule has 1 aliphatic heterocycles. The fourth-order valence-electron chi connectivity index (χ4n) is 1.93. The molecule has 0 unspecified atom stereocenters. The molecule has 1 saturated carbocycles. The Balaban J connectivity index is 2.09. The molecule has 0 bridgehead atoms. The van der Waals surface area contributed by atoms with Gasteiger partial charge in [-0.15, -0.1) is 0 Å². The van der Waals surface area contributed by atoms with Crippen LogP contribution in [0.1, 0.15) is 12.8 Å². The van der Waals surface area contributed by atoms with Crippen LogP contribution in [0, 0.1) is 11.8 Å². The zero-order valence-electron chi connectivity index (χ0n) is 5.39. The quantitative estimate of drug-likeness (QED) is 0.500. The maximum absolute atomic E-state index is 10.8. The second kappa shape index (κ2) is 1.81. The number of hydrogen-bond donors (Lipinski definition) is 1. The summed E-state index contributed by atoms with van der Waals surface area (Å²) in [6.45, 7) is 2.16. The average molecular weight is 125 g/mol. The molecular weight excluding hydrogens is 114 g/mol. The van der Waals surface area contributed by atoms with Crippen molar-refractivity contribution in [3.63, 3.8) is 0 Å². The van der Waals surface area contributed by atoms with Crippen molar-refractivity contribution in [2.45, 2.75) is 12.8 Å². The van der Waals surface area contributed by atoms with Crippen molar-refractivity contribution < 1.29 is 4.79 Å². The van der Waals surface area contributed by atoms with E-state index in [0.29, 0.717) is 17.6 Å². The molecule has 1 aliphatic carbocycles. The van der Waals surface area contributed by atoms with E-state index in [1.54, 1.807) is 0 Å². The highest BCUT2D eigenvalue weighted by Gasteiger charge is 2.35. The fraction of sp³-hybridized carbons (Fsp3) is 0.857. The van der Waals surface area contributed by atoms with E-state index in [9.17, 15) is 4.79 Å². The molecule has 2 rings (SSSR count). The van der Waals surface area contributed by atoms with E-state index in [0.717, 1.165) is 25.9 Å². The summed E-state index contributed by atoms with van der Waals surface area (Å²) in [5, 5.41) is 3.29. The summed E-state index contributed by atoms with van der Waals surface area (Å²) < 4.78 is 0. The third-order valence-electron chi connectivity index (χ3n) is 2.46. The first kappa shape index (κ1) is 5.42. The third kappa shape index (κ3) is 0.778. The minimum Gasteiger partial charge on any atom is -0.316 e. The second-order valence-electron chi connectivity index (χ2n) is 3.13. The molecule has 1 saturated heterocycles. The molecule has 2 nitrogen and oxygen atoms in total. The van der Waals surface area contributed by atoms with Crippen LogP contribution in [0.5, 0.6) is 0 Å². The molecule has 9 heavy (non-hydrogen) atoms. The lowest BCUT2D eigenvalue weighted by Crippen LogP contribution is -2.11. The Morgan fingerprint density at radius 2 is 1.78 bits per heavy atom. The Labute approximate surface area is 54.6 Å². The zero-order valence-corrected chi connectivity index (χ0v) is 5.39. The molecule has 50 valence electrons. The van der Waals surface area contributed by atoms with Gasteiger partial charge in [-0.25, -0.2) is 0 Å². The Hall–Kier alpha value is -0.370. The molecule has 0 aromatic rings. The SMILES string of the molecule is O=C1C[C@H]2CNC[C@@H]2C1. The maximum atomic E-state index is 10.8. The van der Waals surface area contributed by atoms with Crippen LogP contribution < -0.4 is 5.32 Å². The number of carbonyl (C=O) groups is 1. The number of hydrogen-bond acceptors (Lipinski definition) is 2. The monoisotopic (exact) mass is 125 g/mol. The summed E-state index contributed by atoms with van der Waals surface area (Å²) in [6.07, 6.45) is 1.69. The summed E-state index contributed by atoms with van der Waals surface area (Å²) in [4.78, 5) is 10.8. The largest absolute Gasteiger partial charge is 0.316 e. The van der Waals surface area contributed by atoms with Gasteiger partial charge < -0.3 is 5.32 Å². The number of ketones is 1. The van der Waals surface area contributed by atoms with Crippen molar-refractivity contribution in [1.82, 2.24) is 5.32 Å². The summed E-state index contributed by atoms with van der Waals surface area (Å²) in [5.41, 5.74) is 0. The van der Waals surface area contributed by atoms with Crippen molar-refractivity contribution in [2.75, 3.05) is 13.1 Å². The lowest BCUT2D eigenvalue weighted by atomic mass is 10.0. The second-order valence-corrected chi connectivity index (χ2v) is 3.13. The minimum absolute atomic E-state index is 0.478. The van der Waals surface area contributed by atoms with Crippen LogP contribution in [0.4, 0.5) is 0 Å². The van der Waals surface area contributed by atoms with Crippen LogP contribution in [-0.2, 0) is 4.79 Å². The number of Topliss-reactive ketones (excluding diaryl/α,β-unsaturated/α-hetero) is 1. The number of rotatable bonds is 0. The first-order chi connectivity index (χ1) is 4.36. The van der Waals surface area contributed by atoms with Crippen LogP contribution in [0.15, 0.2) is 0 Å². The molecule has 0 aromatic carbocycles. The molecule has 2 atom stereocenters. The van der Waals surface area contributed by atoms with Gasteiger partial charge in [0, 0.05) is 12.8 Å². The van der Waals surface area contributed by atoms with E-state index in [-0.39, 0.29) is 0 Å². The molecule has 2 heteroatoms. The standard InChI is InChI=1S/C7H11NO/c9-7-1-5-3-8-4-6(5)2-7/h5-6,8H,1-4H2/t5-,6-/m0/s1. The van der Waals surface area contributed by atoms with Gasteiger partial charge >= 0.3 is 0 Å². The van der Waals surface area contributed by atoms with Crippen molar-refractivity contribution in [3.8, 4) is 0 Å². The van der Waals surface area contributed by atoms with E-state index in [1.807, 2.05) is 0 Å². The van der Waals surface area contributed by atoms with Crippen LogP contribution in [-0.4, -0.2) is 18.9 Å². The van der Waals surface area contributed by atoms with Gasteiger partial charge in [0.1, 0.15) is 5.78 Å². The summed E-state index contributed by atoms with van der Waals surface area (Å²) in [5.74, 6) is 1.86. The topological polar surface area (TPSA) is 29.1 Å². The summed E-state index contributed by atoms with van der Waals surface area (Å²) in [7, 11) is 0. The summed E-state index contributed by atoms with van der Waals surface area (Å²) >= 11 is 0. The van der Waals surface area contributed by atoms with Crippen molar-refractivity contribution >= 4 is 5.78 Å². The highest BCUT2D eigenvalue weighted by Crippen LogP contribution is 2.31. The van der Waals surface area contributed by atoms with Crippen LogP contribution in [0.3, 0.4) is 0 Å². The number of carbonyl (C=O) groups excluding carboxylic acids is 1. The molecule has 0 spiro atoms. The van der Waals surface area contributed by atoms with Gasteiger partial charge in [-0.3, -0.25) is 4.79 Å². The lowest BCUT2D eigenvalue weighted by molar-refractivity contribution is -0.117. The van der Waals surface area contributed by atoms with Gasteiger partial charge in [0.25, 0.3) is 0 Å². The molecule has 0 aromatic heterocycles. The lowest BCUT2D eigenvalue weighted by Gasteiger charge is -2.01. The molecule has 2 fully saturated rings. The van der Waals surface area contributed by atoms with Crippen LogP contribution >= 0.6 is 0 Å². The first-order valence-corrected chi connectivity index (χ1v) is 3.58. The normalized spacial score (nSPS) is 41.6. The van der Waals surface area contributed by atoms with Gasteiger partial charge in [0.2, 0.25) is 0 Å². The Bertz CT molecular complexity index is 130. The molecular formula is C7H11NO. The van der Waals surface area contributed by atoms with E-state index >= 15 is 0 Å². The third-order valence-corrected chi connectivity index (χ3v) is 2.46. The van der Waals surface area contributed by atoms with Gasteiger partial charge in [-0.1, -0.05) is 0 Å². The fourth-order valence-corrected chi connectivity index (χ4v) is 1.93. The van der Waals surface area contributed by atoms with Crippen LogP contribution in [0.2, 0.25) is 0 Å². The predicted octanol–water partition coefficient (Wildman–Crippen LogP) is 0.185. The zero-order chi connectivity index (χ0) is 6.27. The van der Waals surface area contributed by atoms with E-state index in [2.05, 4.69) is 5.32 Å². The van der Waals surface area contributed by atoms with Gasteiger partial charge in [-0.05, 0) is 24.9 Å². The number of fused-ring (bicyclic) bond motifs is 1. The molecule has 1 N–H and O–H groups in total. The van der Waals surface area contributed by atoms with E-state index in [4.69, 9.17) is 0 Å². The smallest absolute Gasteiger partial charge is 0.133 e. The van der Waals surface area contributed by atoms with Crippen molar-refractivity contribution in [2.24, 2.45) is 11.8 Å². The Kier molecular flexibility index (Phi) is 1.09. The maximum Gasteiger partial charge on any atom is 0.133 e. The van der Waals surface area contributed by atoms with Crippen LogP contribution in [0.25, 0.3) is 0 Å². The van der Waals surface area contributed by atoms with Gasteiger partial charge in [-0.2, -0.15) is 0 Å². The summed E-state index contributed by atoms with van der Waals surface area (Å²) in [6, 6.07) is 0. The van der Waals surface area contributed by atoms with Crippen molar-refractivity contribution in [3.05, 3.63) is 0 Å². The predicted molar refractivity (Wildman–Crippen MR) is 34.1 cm³/mol. The highest BCUT2D eigenvalue weighted by molar-refractivity contribution is 5.81. The molecule has 1 heterocycles. The van der Waals surface area contributed by atoms with Gasteiger partial charge in [0.15, 0.2) is 0 Å². The Morgan fingerprint density at radius 3 is 2.33 bits per heavy atom. The van der Waals surface area contributed by atoms with Crippen molar-refractivity contribution in [1.29, 1.82) is 0 Å². The molecule has 0 radical (unpaired) electrons. The minimum atomic E-state index is 0.478. The molecule has 0 amide bonds. The molecule has 2 aliphatic rings.